The average molecular weight is 736 g/mol. The molecule has 1 fully saturated rings. The van der Waals surface area contributed by atoms with Crippen LogP contribution in [0.2, 0.25) is 0 Å². The molecule has 266 valence electrons. The van der Waals surface area contributed by atoms with Gasteiger partial charge >= 0.3 is 10.1 Å². The van der Waals surface area contributed by atoms with Crippen LogP contribution in [0.4, 0.5) is 0 Å². The molecule has 11 nitrogen and oxygen atoms in total. The highest BCUT2D eigenvalue weighted by Gasteiger charge is 2.38. The Bertz CT molecular complexity index is 2430. The summed E-state index contributed by atoms with van der Waals surface area (Å²) < 4.78 is 61.6. The standard InChI is InChI=1S/C39H37N5O6S2/c1-42(51(46,47)37-34-13-7-5-11-31(34)19-21-40-37)36(39(45)44-25-23-43(24-26-44)28-30-9-3-2-4-10-30)27-29-15-17-33(18-16-29)50-52(48,49)38-35-14-8-6-12-32(35)20-22-41-38/h2-22,36H,23-28H2,1H3. The number of hydrogen-bond donors (Lipinski definition) is 0. The maximum Gasteiger partial charge on any atom is 0.357 e. The molecule has 4 aromatic carbocycles. The van der Waals surface area contributed by atoms with Gasteiger partial charge < -0.3 is 9.08 Å². The van der Waals surface area contributed by atoms with Crippen LogP contribution >= 0.6 is 0 Å². The lowest BCUT2D eigenvalue weighted by Crippen LogP contribution is -2.55. The maximum atomic E-state index is 14.3. The second-order valence-corrected chi connectivity index (χ2v) is 16.1. The van der Waals surface area contributed by atoms with Gasteiger partial charge in [-0.2, -0.15) is 12.7 Å². The molecule has 7 rings (SSSR count). The third-order valence-electron chi connectivity index (χ3n) is 9.35. The number of fused-ring (bicyclic) bond motifs is 2. The van der Waals surface area contributed by atoms with Gasteiger partial charge in [0.25, 0.3) is 10.0 Å². The van der Waals surface area contributed by atoms with Crippen molar-refractivity contribution in [2.24, 2.45) is 0 Å². The number of rotatable bonds is 11. The summed E-state index contributed by atoms with van der Waals surface area (Å²) in [5, 5.41) is 2.00. The van der Waals surface area contributed by atoms with E-state index in [0.717, 1.165) is 10.8 Å². The third kappa shape index (κ3) is 7.39. The Morgan fingerprint density at radius 2 is 1.25 bits per heavy atom. The van der Waals surface area contributed by atoms with E-state index in [4.69, 9.17) is 4.18 Å². The summed E-state index contributed by atoms with van der Waals surface area (Å²) in [6.45, 7) is 2.92. The van der Waals surface area contributed by atoms with Crippen LogP contribution in [0.5, 0.6) is 5.75 Å². The van der Waals surface area contributed by atoms with E-state index in [1.165, 1.54) is 37.1 Å². The van der Waals surface area contributed by atoms with Crippen molar-refractivity contribution in [3.63, 3.8) is 0 Å². The summed E-state index contributed by atoms with van der Waals surface area (Å²) in [4.78, 5) is 26.7. The van der Waals surface area contributed by atoms with E-state index in [-0.39, 0.29) is 28.1 Å². The van der Waals surface area contributed by atoms with Crippen molar-refractivity contribution < 1.29 is 25.8 Å². The van der Waals surface area contributed by atoms with Crippen molar-refractivity contribution in [3.05, 3.63) is 139 Å². The minimum atomic E-state index is -4.28. The first-order chi connectivity index (χ1) is 25.1. The zero-order chi connectivity index (χ0) is 36.3. The van der Waals surface area contributed by atoms with Gasteiger partial charge in [-0.3, -0.25) is 9.69 Å². The minimum Gasteiger partial charge on any atom is -0.378 e. The van der Waals surface area contributed by atoms with Crippen LogP contribution < -0.4 is 4.18 Å². The predicted molar refractivity (Wildman–Crippen MR) is 198 cm³/mol. The first-order valence-electron chi connectivity index (χ1n) is 16.8. The van der Waals surface area contributed by atoms with E-state index >= 15 is 0 Å². The molecule has 2 aromatic heterocycles. The Kier molecular flexibility index (Phi) is 10.0. The molecule has 52 heavy (non-hydrogen) atoms. The van der Waals surface area contributed by atoms with Crippen LogP contribution in [0.15, 0.2) is 138 Å². The Morgan fingerprint density at radius 1 is 0.692 bits per heavy atom. The molecular weight excluding hydrogens is 699 g/mol. The van der Waals surface area contributed by atoms with E-state index < -0.39 is 26.2 Å². The molecule has 1 amide bonds. The molecule has 1 aliphatic rings. The smallest absolute Gasteiger partial charge is 0.357 e. The largest absolute Gasteiger partial charge is 0.378 e. The van der Waals surface area contributed by atoms with Gasteiger partial charge in [-0.25, -0.2) is 18.4 Å². The molecule has 0 spiro atoms. The minimum absolute atomic E-state index is 0.0292. The van der Waals surface area contributed by atoms with Crippen LogP contribution in [0.1, 0.15) is 11.1 Å². The number of pyridine rings is 2. The van der Waals surface area contributed by atoms with E-state index in [1.54, 1.807) is 59.5 Å². The fourth-order valence-electron chi connectivity index (χ4n) is 6.51. The highest BCUT2D eigenvalue weighted by molar-refractivity contribution is 7.89. The molecule has 0 saturated carbocycles. The lowest BCUT2D eigenvalue weighted by molar-refractivity contribution is -0.136. The van der Waals surface area contributed by atoms with Gasteiger partial charge in [0.05, 0.1) is 0 Å². The zero-order valence-electron chi connectivity index (χ0n) is 28.4. The molecule has 0 bridgehead atoms. The molecule has 6 aromatic rings. The number of piperazine rings is 1. The molecule has 0 N–H and O–H groups in total. The van der Waals surface area contributed by atoms with Crippen LogP contribution in [0.25, 0.3) is 21.5 Å². The van der Waals surface area contributed by atoms with E-state index in [2.05, 4.69) is 27.0 Å². The van der Waals surface area contributed by atoms with Gasteiger partial charge in [0.15, 0.2) is 5.03 Å². The van der Waals surface area contributed by atoms with Gasteiger partial charge in [0.2, 0.25) is 10.9 Å². The maximum absolute atomic E-state index is 14.3. The summed E-state index contributed by atoms with van der Waals surface area (Å²) in [6.07, 6.45) is 2.90. The molecule has 13 heteroatoms. The van der Waals surface area contributed by atoms with Crippen molar-refractivity contribution in [3.8, 4) is 5.75 Å². The Hall–Kier alpha value is -5.21. The fourth-order valence-corrected chi connectivity index (χ4v) is 9.03. The molecule has 0 radical (unpaired) electrons. The quantitative estimate of drug-likeness (QED) is 0.166. The van der Waals surface area contributed by atoms with E-state index in [1.807, 2.05) is 36.4 Å². The monoisotopic (exact) mass is 735 g/mol. The van der Waals surface area contributed by atoms with Crippen molar-refractivity contribution >= 4 is 47.6 Å². The van der Waals surface area contributed by atoms with Gasteiger partial charge in [-0.1, -0.05) is 91.0 Å². The van der Waals surface area contributed by atoms with Crippen LogP contribution in [0, 0.1) is 0 Å². The van der Waals surface area contributed by atoms with E-state index in [9.17, 15) is 21.6 Å². The Morgan fingerprint density at radius 3 is 1.88 bits per heavy atom. The fraction of sp³-hybridized carbons (Fsp3) is 0.205. The normalized spacial score (nSPS) is 14.8. The number of likely N-dealkylation sites (N-methyl/N-ethyl adjacent to an activating group) is 1. The summed E-state index contributed by atoms with van der Waals surface area (Å²) in [5.74, 6) is -0.271. The molecule has 1 aliphatic heterocycles. The first kappa shape index (κ1) is 35.2. The van der Waals surface area contributed by atoms with Crippen molar-refractivity contribution in [1.29, 1.82) is 0 Å². The third-order valence-corrected chi connectivity index (χ3v) is 12.4. The first-order valence-corrected chi connectivity index (χ1v) is 19.7. The predicted octanol–water partition coefficient (Wildman–Crippen LogP) is 5.13. The van der Waals surface area contributed by atoms with Crippen LogP contribution in [0.3, 0.4) is 0 Å². The number of sulfonamides is 1. The number of benzene rings is 4. The highest BCUT2D eigenvalue weighted by atomic mass is 32.2. The Balaban J connectivity index is 1.14. The summed E-state index contributed by atoms with van der Waals surface area (Å²) in [5.41, 5.74) is 1.80. The number of carbonyl (C=O) groups excluding carboxylic acids is 1. The zero-order valence-corrected chi connectivity index (χ0v) is 30.1. The number of hydrogen-bond acceptors (Lipinski definition) is 9. The molecule has 1 unspecified atom stereocenters. The molecular formula is C39H37N5O6S2. The highest BCUT2D eigenvalue weighted by Crippen LogP contribution is 2.28. The second kappa shape index (κ2) is 14.8. The van der Waals surface area contributed by atoms with E-state index in [0.29, 0.717) is 53.3 Å². The number of amides is 1. The SMILES string of the molecule is CN(C(Cc1ccc(OS(=O)(=O)c2nccc3ccccc23)cc1)C(=O)N1CCN(Cc2ccccc2)CC1)S(=O)(=O)c1nccc2ccccc12. The van der Waals surface area contributed by atoms with Crippen molar-refractivity contribution in [2.75, 3.05) is 33.2 Å². The van der Waals surface area contributed by atoms with Gasteiger partial charge in [-0.05, 0) is 52.6 Å². The van der Waals surface area contributed by atoms with Crippen molar-refractivity contribution in [1.82, 2.24) is 24.1 Å². The van der Waals surface area contributed by atoms with Gasteiger partial charge in [0.1, 0.15) is 11.8 Å². The van der Waals surface area contributed by atoms with Gasteiger partial charge in [-0.15, -0.1) is 0 Å². The van der Waals surface area contributed by atoms with Crippen LogP contribution in [-0.4, -0.2) is 86.1 Å². The summed E-state index contributed by atoms with van der Waals surface area (Å²) in [6, 6.07) is 32.8. The molecule has 1 saturated heterocycles. The molecule has 3 heterocycles. The molecule has 1 atom stereocenters. The number of carbonyl (C=O) groups is 1. The van der Waals surface area contributed by atoms with Crippen molar-refractivity contribution in [2.45, 2.75) is 29.1 Å². The molecule has 0 aliphatic carbocycles. The lowest BCUT2D eigenvalue weighted by Gasteiger charge is -2.38. The summed E-state index contributed by atoms with van der Waals surface area (Å²) in [7, 11) is -7.12. The topological polar surface area (TPSA) is 130 Å². The summed E-state index contributed by atoms with van der Waals surface area (Å²) >= 11 is 0. The average Bonchev–Trinajstić information content (AvgIpc) is 3.17. The number of nitrogens with zero attached hydrogens (tertiary/aromatic N) is 5. The van der Waals surface area contributed by atoms with Crippen LogP contribution in [-0.2, 0) is 37.9 Å². The number of aromatic nitrogens is 2. The lowest BCUT2D eigenvalue weighted by atomic mass is 10.0. The second-order valence-electron chi connectivity index (χ2n) is 12.7. The Labute approximate surface area is 303 Å². The van der Waals surface area contributed by atoms with Gasteiger partial charge in [0, 0.05) is 62.9 Å².